The Hall–Kier alpha value is -1.26. The summed E-state index contributed by atoms with van der Waals surface area (Å²) in [6, 6.07) is -0.155. The lowest BCUT2D eigenvalue weighted by molar-refractivity contribution is -0.141. The zero-order chi connectivity index (χ0) is 15.0. The molecule has 0 radical (unpaired) electrons. The first-order valence-corrected chi connectivity index (χ1v) is 7.76. The number of carboxylic acids is 1. The van der Waals surface area contributed by atoms with Gasteiger partial charge in [0, 0.05) is 20.1 Å². The maximum atomic E-state index is 12.0. The number of amides is 2. The molecule has 0 aliphatic heterocycles. The van der Waals surface area contributed by atoms with Crippen molar-refractivity contribution in [2.24, 2.45) is 11.8 Å². The molecule has 0 aromatic carbocycles. The highest BCUT2D eigenvalue weighted by molar-refractivity contribution is 5.75. The number of hydrogen-bond acceptors (Lipinski definition) is 2. The van der Waals surface area contributed by atoms with E-state index in [1.54, 1.807) is 11.9 Å². The fourth-order valence-electron chi connectivity index (χ4n) is 2.85. The molecule has 116 valence electrons. The third-order valence-electron chi connectivity index (χ3n) is 4.09. The van der Waals surface area contributed by atoms with E-state index in [1.807, 2.05) is 6.92 Å². The van der Waals surface area contributed by atoms with Crippen molar-refractivity contribution in [1.82, 2.24) is 10.2 Å². The standard InChI is InChI=1S/C15H28N2O3/c1-3-7-13(14(18)19)10-16-15(20)17(2)11-12-8-5-4-6-9-12/h12-13H,3-11H2,1-2H3,(H,16,20)(H,18,19). The molecule has 1 fully saturated rings. The van der Waals surface area contributed by atoms with Gasteiger partial charge >= 0.3 is 12.0 Å². The van der Waals surface area contributed by atoms with Crippen LogP contribution in [-0.2, 0) is 4.79 Å². The van der Waals surface area contributed by atoms with E-state index in [0.29, 0.717) is 12.3 Å². The Labute approximate surface area is 121 Å². The summed E-state index contributed by atoms with van der Waals surface area (Å²) in [6.45, 7) is 2.95. The number of nitrogens with one attached hydrogen (secondary N) is 1. The van der Waals surface area contributed by atoms with Crippen LogP contribution >= 0.6 is 0 Å². The van der Waals surface area contributed by atoms with E-state index < -0.39 is 11.9 Å². The quantitative estimate of drug-likeness (QED) is 0.755. The van der Waals surface area contributed by atoms with Crippen LogP contribution in [-0.4, -0.2) is 42.1 Å². The SMILES string of the molecule is CCCC(CNC(=O)N(C)CC1CCCCC1)C(=O)O. The van der Waals surface area contributed by atoms with Crippen molar-refractivity contribution in [3.63, 3.8) is 0 Å². The van der Waals surface area contributed by atoms with Gasteiger partial charge < -0.3 is 15.3 Å². The summed E-state index contributed by atoms with van der Waals surface area (Å²) in [4.78, 5) is 24.7. The third kappa shape index (κ3) is 5.80. The number of carbonyl (C=O) groups is 2. The minimum atomic E-state index is -0.831. The van der Waals surface area contributed by atoms with E-state index in [1.165, 1.54) is 32.1 Å². The largest absolute Gasteiger partial charge is 0.481 e. The molecule has 2 amide bonds. The summed E-state index contributed by atoms with van der Waals surface area (Å²) < 4.78 is 0. The molecule has 2 N–H and O–H groups in total. The van der Waals surface area contributed by atoms with Crippen molar-refractivity contribution < 1.29 is 14.7 Å². The first-order chi connectivity index (χ1) is 9.54. The highest BCUT2D eigenvalue weighted by Crippen LogP contribution is 2.24. The van der Waals surface area contributed by atoms with E-state index in [-0.39, 0.29) is 12.6 Å². The zero-order valence-electron chi connectivity index (χ0n) is 12.7. The molecule has 1 atom stereocenters. The fourth-order valence-corrected chi connectivity index (χ4v) is 2.85. The fraction of sp³-hybridized carbons (Fsp3) is 0.867. The van der Waals surface area contributed by atoms with Crippen LogP contribution in [0.2, 0.25) is 0 Å². The molecule has 20 heavy (non-hydrogen) atoms. The van der Waals surface area contributed by atoms with Crippen LogP contribution in [0.15, 0.2) is 0 Å². The number of hydrogen-bond donors (Lipinski definition) is 2. The maximum absolute atomic E-state index is 12.0. The van der Waals surface area contributed by atoms with E-state index in [4.69, 9.17) is 5.11 Å². The zero-order valence-corrected chi connectivity index (χ0v) is 12.7. The smallest absolute Gasteiger partial charge is 0.317 e. The third-order valence-corrected chi connectivity index (χ3v) is 4.09. The molecule has 1 aliphatic carbocycles. The van der Waals surface area contributed by atoms with Gasteiger partial charge in [-0.05, 0) is 25.2 Å². The van der Waals surface area contributed by atoms with Gasteiger partial charge in [-0.1, -0.05) is 32.6 Å². The number of rotatable bonds is 7. The molecule has 0 heterocycles. The number of carboxylic acid groups (broad SMARTS) is 1. The minimum Gasteiger partial charge on any atom is -0.481 e. The van der Waals surface area contributed by atoms with E-state index in [9.17, 15) is 9.59 Å². The number of urea groups is 1. The molecular formula is C15H28N2O3. The van der Waals surface area contributed by atoms with Gasteiger partial charge in [-0.15, -0.1) is 0 Å². The number of nitrogens with zero attached hydrogens (tertiary/aromatic N) is 1. The lowest BCUT2D eigenvalue weighted by atomic mass is 9.89. The van der Waals surface area contributed by atoms with Gasteiger partial charge in [0.15, 0.2) is 0 Å². The van der Waals surface area contributed by atoms with Crippen LogP contribution in [0, 0.1) is 11.8 Å². The second kappa shape index (κ2) is 8.82. The molecule has 1 saturated carbocycles. The molecule has 0 bridgehead atoms. The Kier molecular flexibility index (Phi) is 7.41. The summed E-state index contributed by atoms with van der Waals surface area (Å²) in [6.07, 6.45) is 7.64. The van der Waals surface area contributed by atoms with Gasteiger partial charge in [0.2, 0.25) is 0 Å². The first-order valence-electron chi connectivity index (χ1n) is 7.76. The predicted molar refractivity (Wildman–Crippen MR) is 78.6 cm³/mol. The second-order valence-electron chi connectivity index (χ2n) is 5.89. The molecule has 5 heteroatoms. The molecule has 1 unspecified atom stereocenters. The van der Waals surface area contributed by atoms with Crippen LogP contribution in [0.1, 0.15) is 51.9 Å². The Bertz CT molecular complexity index is 314. The average molecular weight is 284 g/mol. The molecule has 0 aromatic heterocycles. The number of carbonyl (C=O) groups excluding carboxylic acids is 1. The van der Waals surface area contributed by atoms with Crippen molar-refractivity contribution >= 4 is 12.0 Å². The monoisotopic (exact) mass is 284 g/mol. The van der Waals surface area contributed by atoms with Crippen molar-refractivity contribution in [3.05, 3.63) is 0 Å². The number of aliphatic carboxylic acids is 1. The highest BCUT2D eigenvalue weighted by Gasteiger charge is 2.20. The molecular weight excluding hydrogens is 256 g/mol. The Morgan fingerprint density at radius 3 is 2.50 bits per heavy atom. The van der Waals surface area contributed by atoms with E-state index in [0.717, 1.165) is 13.0 Å². The maximum Gasteiger partial charge on any atom is 0.317 e. The van der Waals surface area contributed by atoms with Crippen molar-refractivity contribution in [1.29, 1.82) is 0 Å². The molecule has 0 saturated heterocycles. The summed E-state index contributed by atoms with van der Waals surface area (Å²) in [7, 11) is 1.79. The van der Waals surface area contributed by atoms with Crippen LogP contribution < -0.4 is 5.32 Å². The van der Waals surface area contributed by atoms with Crippen molar-refractivity contribution in [2.75, 3.05) is 20.1 Å². The van der Waals surface area contributed by atoms with Crippen molar-refractivity contribution in [3.8, 4) is 0 Å². The van der Waals surface area contributed by atoms with E-state index in [2.05, 4.69) is 5.32 Å². The van der Waals surface area contributed by atoms with Crippen LogP contribution in [0.4, 0.5) is 4.79 Å². The summed E-state index contributed by atoms with van der Waals surface area (Å²) in [5, 5.41) is 11.8. The molecule has 0 spiro atoms. The lowest BCUT2D eigenvalue weighted by Crippen LogP contribution is -2.43. The van der Waals surface area contributed by atoms with Crippen LogP contribution in [0.25, 0.3) is 0 Å². The van der Waals surface area contributed by atoms with Gasteiger partial charge in [-0.3, -0.25) is 4.79 Å². The van der Waals surface area contributed by atoms with Gasteiger partial charge in [0.05, 0.1) is 5.92 Å². The molecule has 1 rings (SSSR count). The second-order valence-corrected chi connectivity index (χ2v) is 5.89. The first kappa shape index (κ1) is 16.8. The Morgan fingerprint density at radius 2 is 1.95 bits per heavy atom. The summed E-state index contributed by atoms with van der Waals surface area (Å²) >= 11 is 0. The average Bonchev–Trinajstić information content (AvgIpc) is 2.43. The molecule has 0 aromatic rings. The topological polar surface area (TPSA) is 69.6 Å². The van der Waals surface area contributed by atoms with Gasteiger partial charge in [-0.2, -0.15) is 0 Å². The predicted octanol–water partition coefficient (Wildman–Crippen LogP) is 2.71. The summed E-state index contributed by atoms with van der Waals surface area (Å²) in [5.41, 5.74) is 0. The highest BCUT2D eigenvalue weighted by atomic mass is 16.4. The lowest BCUT2D eigenvalue weighted by Gasteiger charge is -2.27. The molecule has 5 nitrogen and oxygen atoms in total. The normalized spacial score (nSPS) is 17.5. The van der Waals surface area contributed by atoms with Crippen LogP contribution in [0.3, 0.4) is 0 Å². The summed E-state index contributed by atoms with van der Waals surface area (Å²) in [5.74, 6) is -0.709. The molecule has 1 aliphatic rings. The van der Waals surface area contributed by atoms with Crippen LogP contribution in [0.5, 0.6) is 0 Å². The van der Waals surface area contributed by atoms with E-state index >= 15 is 0 Å². The van der Waals surface area contributed by atoms with Crippen molar-refractivity contribution in [2.45, 2.75) is 51.9 Å². The van der Waals surface area contributed by atoms with Gasteiger partial charge in [-0.25, -0.2) is 4.79 Å². The minimum absolute atomic E-state index is 0.155. The Morgan fingerprint density at radius 1 is 1.30 bits per heavy atom. The Balaban J connectivity index is 2.31. The van der Waals surface area contributed by atoms with Gasteiger partial charge in [0.1, 0.15) is 0 Å². The van der Waals surface area contributed by atoms with Gasteiger partial charge in [0.25, 0.3) is 0 Å².